The van der Waals surface area contributed by atoms with Gasteiger partial charge in [0.15, 0.2) is 0 Å². The Balaban J connectivity index is 1.64. The summed E-state index contributed by atoms with van der Waals surface area (Å²) in [6.45, 7) is 4.54. The molecule has 1 aliphatic heterocycles. The normalized spacial score (nSPS) is 35.8. The van der Waals surface area contributed by atoms with Gasteiger partial charge in [-0.05, 0) is 38.6 Å². The van der Waals surface area contributed by atoms with Crippen LogP contribution in [0.1, 0.15) is 32.1 Å². The third-order valence-corrected chi connectivity index (χ3v) is 5.91. The fourth-order valence-electron chi connectivity index (χ4n) is 2.80. The van der Waals surface area contributed by atoms with Crippen LogP contribution in [0.25, 0.3) is 0 Å². The van der Waals surface area contributed by atoms with Crippen LogP contribution in [0.15, 0.2) is 12.7 Å². The van der Waals surface area contributed by atoms with Gasteiger partial charge in [-0.2, -0.15) is 0 Å². The minimum atomic E-state index is -1.33. The van der Waals surface area contributed by atoms with Gasteiger partial charge in [0.05, 0.1) is 11.3 Å². The van der Waals surface area contributed by atoms with Gasteiger partial charge in [0.2, 0.25) is 5.91 Å². The van der Waals surface area contributed by atoms with Crippen molar-refractivity contribution in [3.05, 3.63) is 12.7 Å². The summed E-state index contributed by atoms with van der Waals surface area (Å²) in [6, 6.07) is -0.227. The van der Waals surface area contributed by atoms with Crippen molar-refractivity contribution in [1.29, 1.82) is 0 Å². The highest BCUT2D eigenvalue weighted by Crippen LogP contribution is 2.45. The maximum Gasteiger partial charge on any atom is 0.258 e. The maximum atomic E-state index is 12.4. The van der Waals surface area contributed by atoms with Gasteiger partial charge in [-0.1, -0.05) is 6.08 Å². The second-order valence-corrected chi connectivity index (χ2v) is 7.55. The molecule has 4 atom stereocenters. The van der Waals surface area contributed by atoms with E-state index in [1.807, 2.05) is 0 Å². The molecule has 6 nitrogen and oxygen atoms in total. The molecule has 0 aromatic carbocycles. The molecule has 3 fully saturated rings. The molecule has 0 aromatic heterocycles. The molecule has 7 heteroatoms. The van der Waals surface area contributed by atoms with Crippen molar-refractivity contribution in [3.63, 3.8) is 0 Å². The molecule has 21 heavy (non-hydrogen) atoms. The molecular formula is C14H21N3O3S. The van der Waals surface area contributed by atoms with E-state index in [4.69, 9.17) is 0 Å². The van der Waals surface area contributed by atoms with Crippen LogP contribution in [0.2, 0.25) is 0 Å². The van der Waals surface area contributed by atoms with E-state index in [9.17, 15) is 13.8 Å². The quantitative estimate of drug-likeness (QED) is 0.590. The highest BCUT2D eigenvalue weighted by Gasteiger charge is 2.60. The lowest BCUT2D eigenvalue weighted by Crippen LogP contribution is -2.54. The second-order valence-electron chi connectivity index (χ2n) is 6.08. The molecule has 0 radical (unpaired) electrons. The van der Waals surface area contributed by atoms with Crippen LogP contribution in [-0.2, 0) is 20.6 Å². The van der Waals surface area contributed by atoms with E-state index in [2.05, 4.69) is 21.9 Å². The summed E-state index contributed by atoms with van der Waals surface area (Å²) in [6.07, 6.45) is 5.75. The van der Waals surface area contributed by atoms with Gasteiger partial charge in [-0.15, -0.1) is 6.58 Å². The Bertz CT molecular complexity index is 500. The number of nitrogens with one attached hydrogen (secondary N) is 3. The Labute approximate surface area is 126 Å². The molecule has 3 aliphatic rings. The van der Waals surface area contributed by atoms with Crippen LogP contribution < -0.4 is 15.4 Å². The number of carbonyl (C=O) groups excluding carboxylic acids is 2. The monoisotopic (exact) mass is 311 g/mol. The van der Waals surface area contributed by atoms with Crippen LogP contribution in [-0.4, -0.2) is 39.4 Å². The summed E-state index contributed by atoms with van der Waals surface area (Å²) in [7, 11) is -1.33. The molecule has 0 aromatic rings. The van der Waals surface area contributed by atoms with Crippen LogP contribution in [0.3, 0.4) is 0 Å². The SMILES string of the molecule is C=CC1CC1(NC(=O)[C@@H]1CCCN1)C(=O)NS(=O)C1CC1. The first-order valence-corrected chi connectivity index (χ1v) is 8.68. The number of hydrogen-bond donors (Lipinski definition) is 3. The van der Waals surface area contributed by atoms with Gasteiger partial charge >= 0.3 is 0 Å². The van der Waals surface area contributed by atoms with Gasteiger partial charge in [-0.3, -0.25) is 14.3 Å². The summed E-state index contributed by atoms with van der Waals surface area (Å²) in [5.41, 5.74) is -0.951. The lowest BCUT2D eigenvalue weighted by atomic mass is 10.1. The highest BCUT2D eigenvalue weighted by atomic mass is 32.2. The zero-order chi connectivity index (χ0) is 15.0. The highest BCUT2D eigenvalue weighted by molar-refractivity contribution is 7.84. The van der Waals surface area contributed by atoms with Crippen LogP contribution in [0.4, 0.5) is 0 Å². The van der Waals surface area contributed by atoms with E-state index < -0.39 is 16.5 Å². The van der Waals surface area contributed by atoms with Crippen molar-refractivity contribution in [2.75, 3.05) is 6.54 Å². The third kappa shape index (κ3) is 2.89. The smallest absolute Gasteiger partial charge is 0.258 e. The van der Waals surface area contributed by atoms with Crippen molar-refractivity contribution in [3.8, 4) is 0 Å². The summed E-state index contributed by atoms with van der Waals surface area (Å²) in [5.74, 6) is -0.577. The maximum absolute atomic E-state index is 12.4. The third-order valence-electron chi connectivity index (χ3n) is 4.45. The van der Waals surface area contributed by atoms with Gasteiger partial charge < -0.3 is 10.6 Å². The molecule has 3 unspecified atom stereocenters. The fraction of sp³-hybridized carbons (Fsp3) is 0.714. The predicted molar refractivity (Wildman–Crippen MR) is 79.5 cm³/mol. The lowest BCUT2D eigenvalue weighted by molar-refractivity contribution is -0.130. The van der Waals surface area contributed by atoms with Gasteiger partial charge in [0.1, 0.15) is 16.5 Å². The molecule has 3 N–H and O–H groups in total. The molecule has 1 heterocycles. The van der Waals surface area contributed by atoms with Crippen molar-refractivity contribution < 1.29 is 13.8 Å². The molecule has 2 saturated carbocycles. The molecular weight excluding hydrogens is 290 g/mol. The first-order chi connectivity index (χ1) is 10.1. The zero-order valence-electron chi connectivity index (χ0n) is 11.9. The van der Waals surface area contributed by atoms with E-state index in [-0.39, 0.29) is 29.0 Å². The Morgan fingerprint density at radius 1 is 1.33 bits per heavy atom. The first-order valence-electron chi connectivity index (χ1n) is 7.46. The summed E-state index contributed by atoms with van der Waals surface area (Å²) in [5, 5.41) is 6.06. The Kier molecular flexibility index (Phi) is 3.88. The minimum absolute atomic E-state index is 0.0825. The number of carbonyl (C=O) groups is 2. The van der Waals surface area contributed by atoms with Gasteiger partial charge in [0.25, 0.3) is 5.91 Å². The average molecular weight is 311 g/mol. The Morgan fingerprint density at radius 2 is 2.10 bits per heavy atom. The van der Waals surface area contributed by atoms with Crippen LogP contribution >= 0.6 is 0 Å². The van der Waals surface area contributed by atoms with Gasteiger partial charge in [-0.25, -0.2) is 4.21 Å². The standard InChI is InChI=1S/C14H21N3O3S/c1-2-9-8-14(9,13(19)17-21(20)10-5-6-10)16-12(18)11-4-3-7-15-11/h2,9-11,15H,1,3-8H2,(H,16,18)(H,17,19)/t9?,11-,14?,21?/m0/s1. The average Bonchev–Trinajstić information content (AvgIpc) is 3.37. The molecule has 116 valence electrons. The Hall–Kier alpha value is -1.21. The molecule has 2 amide bonds. The largest absolute Gasteiger partial charge is 0.340 e. The first kappa shape index (κ1) is 14.7. The minimum Gasteiger partial charge on any atom is -0.340 e. The molecule has 0 spiro atoms. The summed E-state index contributed by atoms with van der Waals surface area (Å²) >= 11 is 0. The molecule has 2 aliphatic carbocycles. The van der Waals surface area contributed by atoms with Crippen molar-refractivity contribution in [1.82, 2.24) is 15.4 Å². The van der Waals surface area contributed by atoms with Crippen molar-refractivity contribution >= 4 is 22.8 Å². The van der Waals surface area contributed by atoms with E-state index in [1.54, 1.807) is 6.08 Å². The van der Waals surface area contributed by atoms with Crippen LogP contribution in [0.5, 0.6) is 0 Å². The fourth-order valence-corrected chi connectivity index (χ4v) is 3.89. The van der Waals surface area contributed by atoms with E-state index >= 15 is 0 Å². The predicted octanol–water partition coefficient (Wildman–Crippen LogP) is -0.258. The summed E-state index contributed by atoms with van der Waals surface area (Å²) < 4.78 is 14.4. The lowest BCUT2D eigenvalue weighted by Gasteiger charge is -2.20. The van der Waals surface area contributed by atoms with Gasteiger partial charge in [0, 0.05) is 5.92 Å². The molecule has 0 bridgehead atoms. The summed E-state index contributed by atoms with van der Waals surface area (Å²) in [4.78, 5) is 24.6. The van der Waals surface area contributed by atoms with Crippen molar-refractivity contribution in [2.24, 2.45) is 5.92 Å². The Morgan fingerprint density at radius 3 is 2.62 bits per heavy atom. The number of rotatable bonds is 6. The molecule has 3 rings (SSSR count). The van der Waals surface area contributed by atoms with E-state index in [0.717, 1.165) is 32.2 Å². The second kappa shape index (κ2) is 5.53. The molecule has 1 saturated heterocycles. The number of hydrogen-bond acceptors (Lipinski definition) is 4. The van der Waals surface area contributed by atoms with E-state index in [0.29, 0.717) is 6.42 Å². The van der Waals surface area contributed by atoms with Crippen LogP contribution in [0, 0.1) is 5.92 Å². The number of amides is 2. The topological polar surface area (TPSA) is 87.3 Å². The zero-order valence-corrected chi connectivity index (χ0v) is 12.7. The van der Waals surface area contributed by atoms with Crippen molar-refractivity contribution in [2.45, 2.75) is 48.9 Å². The van der Waals surface area contributed by atoms with E-state index in [1.165, 1.54) is 0 Å².